The summed E-state index contributed by atoms with van der Waals surface area (Å²) in [5.41, 5.74) is 1.00. The van der Waals surface area contributed by atoms with Crippen molar-refractivity contribution in [3.8, 4) is 11.5 Å². The van der Waals surface area contributed by atoms with Gasteiger partial charge in [0.25, 0.3) is 12.0 Å². The van der Waals surface area contributed by atoms with Crippen LogP contribution >= 0.6 is 0 Å². The number of carbonyl (C=O) groups is 3. The molecule has 2 aromatic rings. The van der Waals surface area contributed by atoms with Gasteiger partial charge in [-0.2, -0.15) is 0 Å². The van der Waals surface area contributed by atoms with Crippen LogP contribution in [-0.4, -0.2) is 36.1 Å². The van der Waals surface area contributed by atoms with Gasteiger partial charge in [-0.1, -0.05) is 90.0 Å². The number of carboxylic acids is 1. The summed E-state index contributed by atoms with van der Waals surface area (Å²) < 4.78 is 10.5. The number of carbonyl (C=O) groups excluding carboxylic acids is 2. The predicted molar refractivity (Wildman–Crippen MR) is 159 cm³/mol. The topological polar surface area (TPSA) is 114 Å². The van der Waals surface area contributed by atoms with Crippen LogP contribution in [0.1, 0.15) is 96.8 Å². The van der Waals surface area contributed by atoms with Crippen molar-refractivity contribution >= 4 is 29.2 Å². The lowest BCUT2D eigenvalue weighted by Gasteiger charge is -2.16. The van der Waals surface area contributed by atoms with Gasteiger partial charge in [-0.3, -0.25) is 9.59 Å². The molecule has 0 aromatic heterocycles. The number of benzene rings is 2. The van der Waals surface area contributed by atoms with E-state index in [0.717, 1.165) is 19.3 Å². The molecule has 0 heterocycles. The van der Waals surface area contributed by atoms with Crippen LogP contribution in [0, 0.1) is 0 Å². The van der Waals surface area contributed by atoms with E-state index >= 15 is 0 Å². The number of amides is 2. The Labute approximate surface area is 238 Å². The molecule has 2 rings (SSSR count). The molecule has 0 fully saturated rings. The third-order valence-electron chi connectivity index (χ3n) is 6.70. The van der Waals surface area contributed by atoms with Crippen molar-refractivity contribution in [2.24, 2.45) is 0 Å². The third-order valence-corrected chi connectivity index (χ3v) is 6.70. The zero-order valence-corrected chi connectivity index (χ0v) is 24.1. The highest BCUT2D eigenvalue weighted by molar-refractivity contribution is 6.07. The summed E-state index contributed by atoms with van der Waals surface area (Å²) in [6.07, 6.45) is 15.1. The van der Waals surface area contributed by atoms with Crippen LogP contribution < -0.4 is 20.1 Å². The number of unbranched alkanes of at least 4 members (excludes halogenated alkanes) is 12. The fourth-order valence-electron chi connectivity index (χ4n) is 4.40. The molecule has 0 spiro atoms. The van der Waals surface area contributed by atoms with Gasteiger partial charge in [0.2, 0.25) is 5.91 Å². The standard InChI is InChI=1S/C32H46N2O6/c1-3-4-5-6-7-8-9-10-11-12-13-14-15-19-29(35)33-25-20-22-26(23-21-25)34-31(36)30(32(37)38)40-28-18-16-17-27(24-28)39-2/h16-18,20-24,30H,3-15,19H2,1-2H3,(H,33,35)(H,34,36)(H,37,38). The first-order chi connectivity index (χ1) is 19.4. The van der Waals surface area contributed by atoms with Crippen molar-refractivity contribution in [2.75, 3.05) is 17.7 Å². The fraction of sp³-hybridized carbons (Fsp3) is 0.531. The molecule has 40 heavy (non-hydrogen) atoms. The normalized spacial score (nSPS) is 11.4. The first kappa shape index (κ1) is 32.7. The minimum atomic E-state index is -1.74. The zero-order chi connectivity index (χ0) is 29.0. The van der Waals surface area contributed by atoms with E-state index < -0.39 is 18.0 Å². The van der Waals surface area contributed by atoms with E-state index in [2.05, 4.69) is 17.6 Å². The highest BCUT2D eigenvalue weighted by Crippen LogP contribution is 2.21. The molecular weight excluding hydrogens is 508 g/mol. The number of methoxy groups -OCH3 is 1. The van der Waals surface area contributed by atoms with Crippen molar-refractivity contribution in [3.63, 3.8) is 0 Å². The van der Waals surface area contributed by atoms with Gasteiger partial charge in [-0.05, 0) is 42.8 Å². The molecule has 0 aliphatic carbocycles. The maximum Gasteiger partial charge on any atom is 0.354 e. The molecule has 0 bridgehead atoms. The Kier molecular flexibility index (Phi) is 15.9. The number of hydrogen-bond acceptors (Lipinski definition) is 5. The molecule has 0 saturated carbocycles. The summed E-state index contributed by atoms with van der Waals surface area (Å²) in [6.45, 7) is 2.25. The van der Waals surface area contributed by atoms with Crippen LogP contribution in [0.2, 0.25) is 0 Å². The van der Waals surface area contributed by atoms with E-state index in [9.17, 15) is 19.5 Å². The van der Waals surface area contributed by atoms with Gasteiger partial charge < -0.3 is 25.2 Å². The van der Waals surface area contributed by atoms with Crippen molar-refractivity contribution in [2.45, 2.75) is 103 Å². The molecule has 2 amide bonds. The Balaban J connectivity index is 1.63. The van der Waals surface area contributed by atoms with Crippen LogP contribution in [0.15, 0.2) is 48.5 Å². The van der Waals surface area contributed by atoms with Crippen LogP contribution in [0.3, 0.4) is 0 Å². The number of ether oxygens (including phenoxy) is 2. The van der Waals surface area contributed by atoms with E-state index in [0.29, 0.717) is 23.5 Å². The quantitative estimate of drug-likeness (QED) is 0.108. The van der Waals surface area contributed by atoms with E-state index in [4.69, 9.17) is 9.47 Å². The van der Waals surface area contributed by atoms with Gasteiger partial charge in [-0.25, -0.2) is 4.79 Å². The fourth-order valence-corrected chi connectivity index (χ4v) is 4.40. The minimum Gasteiger partial charge on any atom is -0.497 e. The predicted octanol–water partition coefficient (Wildman–Crippen LogP) is 7.59. The van der Waals surface area contributed by atoms with E-state index in [1.807, 2.05) is 0 Å². The van der Waals surface area contributed by atoms with Crippen molar-refractivity contribution in [1.82, 2.24) is 0 Å². The second-order valence-electron chi connectivity index (χ2n) is 10.1. The SMILES string of the molecule is CCCCCCCCCCCCCCCC(=O)Nc1ccc(NC(=O)C(Oc2cccc(OC)c2)C(=O)O)cc1. The zero-order valence-electron chi connectivity index (χ0n) is 24.1. The second-order valence-corrected chi connectivity index (χ2v) is 10.1. The molecular formula is C32H46N2O6. The largest absolute Gasteiger partial charge is 0.497 e. The Morgan fingerprint density at radius 1 is 0.725 bits per heavy atom. The van der Waals surface area contributed by atoms with E-state index in [1.165, 1.54) is 77.4 Å². The summed E-state index contributed by atoms with van der Waals surface area (Å²) >= 11 is 0. The monoisotopic (exact) mass is 554 g/mol. The maximum absolute atomic E-state index is 12.6. The van der Waals surface area contributed by atoms with Gasteiger partial charge in [0.05, 0.1) is 7.11 Å². The highest BCUT2D eigenvalue weighted by Gasteiger charge is 2.28. The molecule has 220 valence electrons. The average Bonchev–Trinajstić information content (AvgIpc) is 2.95. The Morgan fingerprint density at radius 3 is 1.75 bits per heavy atom. The molecule has 0 saturated heterocycles. The molecule has 2 aromatic carbocycles. The van der Waals surface area contributed by atoms with Gasteiger partial charge in [0.1, 0.15) is 11.5 Å². The molecule has 0 aliphatic heterocycles. The molecule has 1 unspecified atom stereocenters. The van der Waals surface area contributed by atoms with Crippen molar-refractivity contribution in [1.29, 1.82) is 0 Å². The number of carboxylic acid groups (broad SMARTS) is 1. The summed E-state index contributed by atoms with van der Waals surface area (Å²) in [4.78, 5) is 36.5. The summed E-state index contributed by atoms with van der Waals surface area (Å²) in [7, 11) is 1.48. The lowest BCUT2D eigenvalue weighted by Crippen LogP contribution is -2.39. The molecule has 8 nitrogen and oxygen atoms in total. The lowest BCUT2D eigenvalue weighted by molar-refractivity contribution is -0.149. The van der Waals surface area contributed by atoms with E-state index in [1.54, 1.807) is 42.5 Å². The molecule has 8 heteroatoms. The molecule has 3 N–H and O–H groups in total. The first-order valence-corrected chi connectivity index (χ1v) is 14.7. The Bertz CT molecular complexity index is 1020. The molecule has 1 atom stereocenters. The lowest BCUT2D eigenvalue weighted by atomic mass is 10.0. The maximum atomic E-state index is 12.6. The summed E-state index contributed by atoms with van der Waals surface area (Å²) in [5.74, 6) is -1.61. The average molecular weight is 555 g/mol. The third kappa shape index (κ3) is 13.5. The van der Waals surface area contributed by atoms with Crippen molar-refractivity contribution < 1.29 is 29.0 Å². The molecule has 0 aliphatic rings. The molecule has 0 radical (unpaired) electrons. The number of aliphatic carboxylic acids is 1. The van der Waals surface area contributed by atoms with Crippen LogP contribution in [0.5, 0.6) is 11.5 Å². The highest BCUT2D eigenvalue weighted by atomic mass is 16.5. The first-order valence-electron chi connectivity index (χ1n) is 14.7. The summed E-state index contributed by atoms with van der Waals surface area (Å²) in [5, 5.41) is 14.9. The van der Waals surface area contributed by atoms with Crippen LogP contribution in [-0.2, 0) is 14.4 Å². The van der Waals surface area contributed by atoms with Crippen LogP contribution in [0.25, 0.3) is 0 Å². The number of nitrogens with one attached hydrogen (secondary N) is 2. The van der Waals surface area contributed by atoms with Gasteiger partial charge in [0.15, 0.2) is 0 Å². The Morgan fingerprint density at radius 2 is 1.23 bits per heavy atom. The minimum absolute atomic E-state index is 0.0440. The number of anilines is 2. The number of hydrogen-bond donors (Lipinski definition) is 3. The smallest absolute Gasteiger partial charge is 0.354 e. The second kappa shape index (κ2) is 19.5. The summed E-state index contributed by atoms with van der Waals surface area (Å²) in [6, 6.07) is 12.9. The van der Waals surface area contributed by atoms with Gasteiger partial charge in [0, 0.05) is 23.9 Å². The van der Waals surface area contributed by atoms with Crippen LogP contribution in [0.4, 0.5) is 11.4 Å². The number of rotatable bonds is 21. The van der Waals surface area contributed by atoms with E-state index in [-0.39, 0.29) is 11.7 Å². The van der Waals surface area contributed by atoms with Crippen molar-refractivity contribution in [3.05, 3.63) is 48.5 Å². The Hall–Kier alpha value is -3.55. The van der Waals surface area contributed by atoms with Gasteiger partial charge >= 0.3 is 5.97 Å². The van der Waals surface area contributed by atoms with Gasteiger partial charge in [-0.15, -0.1) is 0 Å².